The number of hydrogen-bond acceptors (Lipinski definition) is 1. The summed E-state index contributed by atoms with van der Waals surface area (Å²) >= 11 is 0. The molecule has 1 aliphatic rings. The predicted molar refractivity (Wildman–Crippen MR) is 59.2 cm³/mol. The Morgan fingerprint density at radius 1 is 1.31 bits per heavy atom. The highest BCUT2D eigenvalue weighted by molar-refractivity contribution is 5.71. The van der Waals surface area contributed by atoms with Gasteiger partial charge in [0.05, 0.1) is 6.04 Å². The van der Waals surface area contributed by atoms with Crippen LogP contribution < -0.4 is 0 Å². The Labute approximate surface area is 81.3 Å². The molecule has 0 aromatic rings. The van der Waals surface area contributed by atoms with E-state index in [1.807, 2.05) is 6.21 Å². The largest absolute Gasteiger partial charge is 0.286 e. The molecule has 0 amide bonds. The number of aliphatic imine (C=N–C) groups is 1. The zero-order chi connectivity index (χ0) is 9.90. The Balaban J connectivity index is 2.94. The average Bonchev–Trinajstić information content (AvgIpc) is 2.06. The highest BCUT2D eigenvalue weighted by Crippen LogP contribution is 2.30. The minimum Gasteiger partial charge on any atom is -0.286 e. The predicted octanol–water partition coefficient (Wildman–Crippen LogP) is 3.23. The number of rotatable bonds is 1. The van der Waals surface area contributed by atoms with Gasteiger partial charge in [-0.05, 0) is 18.9 Å². The lowest BCUT2D eigenvalue weighted by Crippen LogP contribution is -2.19. The third-order valence-corrected chi connectivity index (χ3v) is 2.84. The van der Waals surface area contributed by atoms with Crippen molar-refractivity contribution in [3.8, 4) is 0 Å². The van der Waals surface area contributed by atoms with Crippen molar-refractivity contribution in [1.82, 2.24) is 0 Å². The van der Waals surface area contributed by atoms with Gasteiger partial charge < -0.3 is 0 Å². The maximum Gasteiger partial charge on any atom is 0.0651 e. The van der Waals surface area contributed by atoms with Gasteiger partial charge in [-0.3, -0.25) is 4.99 Å². The van der Waals surface area contributed by atoms with E-state index in [9.17, 15) is 0 Å². The van der Waals surface area contributed by atoms with Crippen LogP contribution in [0.1, 0.15) is 27.7 Å². The Bertz CT molecular complexity index is 248. The molecule has 0 N–H and O–H groups in total. The van der Waals surface area contributed by atoms with E-state index >= 15 is 0 Å². The minimum atomic E-state index is 0.181. The smallest absolute Gasteiger partial charge is 0.0651 e. The topological polar surface area (TPSA) is 12.4 Å². The zero-order valence-corrected chi connectivity index (χ0v) is 8.99. The summed E-state index contributed by atoms with van der Waals surface area (Å²) in [6.45, 7) is 8.86. The molecule has 0 saturated heterocycles. The van der Waals surface area contributed by atoms with E-state index in [0.29, 0.717) is 12.0 Å². The molecule has 0 fully saturated rings. The van der Waals surface area contributed by atoms with Gasteiger partial charge in [0.25, 0.3) is 0 Å². The zero-order valence-electron chi connectivity index (χ0n) is 8.99. The third kappa shape index (κ3) is 2.55. The molecule has 0 radical (unpaired) electrons. The van der Waals surface area contributed by atoms with Crippen molar-refractivity contribution in [1.29, 1.82) is 0 Å². The van der Waals surface area contributed by atoms with Crippen molar-refractivity contribution in [2.75, 3.05) is 0 Å². The molecule has 0 aromatic heterocycles. The highest BCUT2D eigenvalue weighted by atomic mass is 14.7. The monoisotopic (exact) mass is 177 g/mol. The molecule has 1 heterocycles. The van der Waals surface area contributed by atoms with Crippen LogP contribution in [0, 0.1) is 11.3 Å². The lowest BCUT2D eigenvalue weighted by molar-refractivity contribution is 0.382. The standard InChI is InChI=1S/C12H19N/c1-10(2)12(4)7-5-9-13-11(3)6-8-12/h5-11H,1-4H3/b7-5-,8-6-,13-9-. The quantitative estimate of drug-likeness (QED) is 0.545. The van der Waals surface area contributed by atoms with E-state index in [0.717, 1.165) is 0 Å². The van der Waals surface area contributed by atoms with Gasteiger partial charge >= 0.3 is 0 Å². The highest BCUT2D eigenvalue weighted by Gasteiger charge is 2.22. The van der Waals surface area contributed by atoms with Crippen molar-refractivity contribution >= 4 is 6.21 Å². The summed E-state index contributed by atoms with van der Waals surface area (Å²) in [5, 5.41) is 0. The Kier molecular flexibility index (Phi) is 3.07. The van der Waals surface area contributed by atoms with Crippen LogP contribution in [-0.4, -0.2) is 12.3 Å². The van der Waals surface area contributed by atoms with Gasteiger partial charge in [-0.2, -0.15) is 0 Å². The van der Waals surface area contributed by atoms with Crippen LogP contribution in [0.4, 0.5) is 0 Å². The average molecular weight is 177 g/mol. The fourth-order valence-electron chi connectivity index (χ4n) is 1.27. The molecule has 2 unspecified atom stereocenters. The summed E-state index contributed by atoms with van der Waals surface area (Å²) in [4.78, 5) is 4.31. The first-order chi connectivity index (χ1) is 6.04. The molecule has 1 aliphatic heterocycles. The maximum atomic E-state index is 4.31. The molecule has 0 saturated carbocycles. The van der Waals surface area contributed by atoms with Gasteiger partial charge in [0, 0.05) is 11.6 Å². The van der Waals surface area contributed by atoms with E-state index in [1.165, 1.54) is 0 Å². The molecular weight excluding hydrogens is 158 g/mol. The number of nitrogens with zero attached hydrogens (tertiary/aromatic N) is 1. The Morgan fingerprint density at radius 2 is 2.00 bits per heavy atom. The fraction of sp³-hybridized carbons (Fsp3) is 0.583. The van der Waals surface area contributed by atoms with E-state index in [1.54, 1.807) is 0 Å². The van der Waals surface area contributed by atoms with Gasteiger partial charge in [-0.1, -0.05) is 39.0 Å². The first-order valence-corrected chi connectivity index (χ1v) is 4.95. The number of allylic oxidation sites excluding steroid dienone is 3. The molecule has 0 bridgehead atoms. The third-order valence-electron chi connectivity index (χ3n) is 2.84. The van der Waals surface area contributed by atoms with E-state index < -0.39 is 0 Å². The lowest BCUT2D eigenvalue weighted by Gasteiger charge is -2.27. The number of hydrogen-bond donors (Lipinski definition) is 0. The molecule has 0 aromatic carbocycles. The second-order valence-electron chi connectivity index (χ2n) is 4.28. The molecule has 1 nitrogen and oxygen atoms in total. The second-order valence-corrected chi connectivity index (χ2v) is 4.28. The molecule has 13 heavy (non-hydrogen) atoms. The van der Waals surface area contributed by atoms with E-state index in [2.05, 4.69) is 57.0 Å². The Hall–Kier alpha value is -0.850. The van der Waals surface area contributed by atoms with Crippen LogP contribution in [0.15, 0.2) is 29.3 Å². The molecule has 1 heteroatoms. The van der Waals surface area contributed by atoms with E-state index in [-0.39, 0.29) is 5.41 Å². The Morgan fingerprint density at radius 3 is 2.62 bits per heavy atom. The van der Waals surface area contributed by atoms with Crippen molar-refractivity contribution in [3.05, 3.63) is 24.3 Å². The normalized spacial score (nSPS) is 40.8. The van der Waals surface area contributed by atoms with Gasteiger partial charge in [0.1, 0.15) is 0 Å². The molecule has 2 atom stereocenters. The van der Waals surface area contributed by atoms with Crippen LogP contribution in [0.3, 0.4) is 0 Å². The van der Waals surface area contributed by atoms with Gasteiger partial charge in [-0.25, -0.2) is 0 Å². The van der Waals surface area contributed by atoms with Crippen LogP contribution in [0.2, 0.25) is 0 Å². The molecule has 1 rings (SSSR count). The van der Waals surface area contributed by atoms with Crippen LogP contribution in [-0.2, 0) is 0 Å². The summed E-state index contributed by atoms with van der Waals surface area (Å²) < 4.78 is 0. The van der Waals surface area contributed by atoms with Gasteiger partial charge in [-0.15, -0.1) is 0 Å². The first kappa shape index (κ1) is 10.2. The van der Waals surface area contributed by atoms with Crippen molar-refractivity contribution in [2.24, 2.45) is 16.3 Å². The molecule has 72 valence electrons. The van der Waals surface area contributed by atoms with Crippen LogP contribution in [0.5, 0.6) is 0 Å². The molecule has 0 spiro atoms. The summed E-state index contributed by atoms with van der Waals surface area (Å²) in [5.74, 6) is 0.624. The second kappa shape index (κ2) is 3.91. The minimum absolute atomic E-state index is 0.181. The van der Waals surface area contributed by atoms with Crippen LogP contribution >= 0.6 is 0 Å². The first-order valence-electron chi connectivity index (χ1n) is 4.95. The van der Waals surface area contributed by atoms with E-state index in [4.69, 9.17) is 0 Å². The van der Waals surface area contributed by atoms with Crippen LogP contribution in [0.25, 0.3) is 0 Å². The van der Waals surface area contributed by atoms with Gasteiger partial charge in [0.15, 0.2) is 0 Å². The summed E-state index contributed by atoms with van der Waals surface area (Å²) in [6, 6.07) is 0.308. The maximum absolute atomic E-state index is 4.31. The SMILES string of the molecule is CC1/C=C\C(C)(C(C)C)/C=C\C=N/1. The summed E-state index contributed by atoms with van der Waals surface area (Å²) in [6.07, 6.45) is 10.6. The van der Waals surface area contributed by atoms with Gasteiger partial charge in [0.2, 0.25) is 0 Å². The van der Waals surface area contributed by atoms with Crippen molar-refractivity contribution in [2.45, 2.75) is 33.7 Å². The molecule has 0 aliphatic carbocycles. The summed E-state index contributed by atoms with van der Waals surface area (Å²) in [7, 11) is 0. The van der Waals surface area contributed by atoms with Crippen molar-refractivity contribution in [3.63, 3.8) is 0 Å². The lowest BCUT2D eigenvalue weighted by atomic mass is 9.78. The molecular formula is C12H19N. The summed E-state index contributed by atoms with van der Waals surface area (Å²) in [5.41, 5.74) is 0.181. The van der Waals surface area contributed by atoms with Crippen molar-refractivity contribution < 1.29 is 0 Å². The fourth-order valence-corrected chi connectivity index (χ4v) is 1.27.